The van der Waals surface area contributed by atoms with Gasteiger partial charge in [-0.3, -0.25) is 4.90 Å². The first-order chi connectivity index (χ1) is 9.21. The number of aliphatic hydroxyl groups is 1. The second-order valence-corrected chi connectivity index (χ2v) is 6.28. The van der Waals surface area contributed by atoms with Crippen LogP contribution in [0.15, 0.2) is 30.3 Å². The van der Waals surface area contributed by atoms with E-state index in [1.807, 2.05) is 30.3 Å². The molecule has 3 N–H and O–H groups in total. The average molecular weight is 260 g/mol. The average Bonchev–Trinajstić information content (AvgIpc) is 3.30. The molecule has 0 bridgehead atoms. The van der Waals surface area contributed by atoms with Crippen LogP contribution >= 0.6 is 0 Å². The van der Waals surface area contributed by atoms with E-state index in [0.717, 1.165) is 24.6 Å². The van der Waals surface area contributed by atoms with E-state index >= 15 is 0 Å². The summed E-state index contributed by atoms with van der Waals surface area (Å²) in [6.07, 6.45) is 5.32. The van der Waals surface area contributed by atoms with Crippen LogP contribution in [0, 0.1) is 5.92 Å². The highest BCUT2D eigenvalue weighted by atomic mass is 16.3. The first-order valence-corrected chi connectivity index (χ1v) is 7.40. The van der Waals surface area contributed by atoms with Gasteiger partial charge in [-0.25, -0.2) is 0 Å². The molecule has 19 heavy (non-hydrogen) atoms. The molecule has 1 unspecified atom stereocenters. The molecule has 2 fully saturated rings. The van der Waals surface area contributed by atoms with Crippen molar-refractivity contribution < 1.29 is 5.11 Å². The van der Waals surface area contributed by atoms with Crippen LogP contribution in [0.2, 0.25) is 0 Å². The van der Waals surface area contributed by atoms with E-state index in [1.165, 1.54) is 25.7 Å². The zero-order chi connectivity index (χ0) is 13.3. The molecule has 0 saturated heterocycles. The number of nitrogens with zero attached hydrogens (tertiary/aromatic N) is 1. The normalized spacial score (nSPS) is 22.5. The summed E-state index contributed by atoms with van der Waals surface area (Å²) in [6, 6.07) is 10.7. The van der Waals surface area contributed by atoms with Gasteiger partial charge in [0.05, 0.1) is 12.1 Å². The van der Waals surface area contributed by atoms with E-state index in [4.69, 9.17) is 5.73 Å². The van der Waals surface area contributed by atoms with Crippen molar-refractivity contribution in [2.24, 2.45) is 11.7 Å². The number of benzene rings is 1. The van der Waals surface area contributed by atoms with Gasteiger partial charge in [-0.15, -0.1) is 0 Å². The van der Waals surface area contributed by atoms with E-state index in [-0.39, 0.29) is 6.61 Å². The largest absolute Gasteiger partial charge is 0.394 e. The number of hydrogen-bond donors (Lipinski definition) is 2. The summed E-state index contributed by atoms with van der Waals surface area (Å²) in [6.45, 7) is 1.94. The third kappa shape index (κ3) is 3.16. The maximum absolute atomic E-state index is 9.79. The summed E-state index contributed by atoms with van der Waals surface area (Å²) >= 11 is 0. The quantitative estimate of drug-likeness (QED) is 0.784. The Labute approximate surface area is 115 Å². The molecule has 2 saturated carbocycles. The standard InChI is InChI=1S/C16H24N2O/c17-16(12-19,14-4-2-1-3-5-14)11-18(15-8-9-15)10-13-6-7-13/h1-5,13,15,19H,6-12,17H2. The molecule has 1 aromatic carbocycles. The second kappa shape index (κ2) is 5.23. The summed E-state index contributed by atoms with van der Waals surface area (Å²) in [4.78, 5) is 2.51. The molecule has 3 heteroatoms. The Balaban J connectivity index is 1.72. The lowest BCUT2D eigenvalue weighted by Crippen LogP contribution is -2.51. The van der Waals surface area contributed by atoms with Crippen LogP contribution in [0.5, 0.6) is 0 Å². The van der Waals surface area contributed by atoms with Gasteiger partial charge in [0.25, 0.3) is 0 Å². The molecule has 0 aliphatic heterocycles. The summed E-state index contributed by atoms with van der Waals surface area (Å²) in [5.74, 6) is 0.874. The van der Waals surface area contributed by atoms with Crippen molar-refractivity contribution in [3.8, 4) is 0 Å². The molecule has 0 heterocycles. The lowest BCUT2D eigenvalue weighted by molar-refractivity contribution is 0.128. The first-order valence-electron chi connectivity index (χ1n) is 7.40. The Hall–Kier alpha value is -0.900. The summed E-state index contributed by atoms with van der Waals surface area (Å²) in [5, 5.41) is 9.79. The topological polar surface area (TPSA) is 49.5 Å². The third-order valence-electron chi connectivity index (χ3n) is 4.37. The van der Waals surface area contributed by atoms with Crippen LogP contribution in [0.1, 0.15) is 31.2 Å². The Bertz CT molecular complexity index is 414. The second-order valence-electron chi connectivity index (χ2n) is 6.28. The highest BCUT2D eigenvalue weighted by Gasteiger charge is 2.38. The molecule has 0 spiro atoms. The van der Waals surface area contributed by atoms with Crippen LogP contribution < -0.4 is 5.73 Å². The highest BCUT2D eigenvalue weighted by molar-refractivity contribution is 5.25. The molecule has 0 amide bonds. The first kappa shape index (κ1) is 13.1. The van der Waals surface area contributed by atoms with E-state index < -0.39 is 5.54 Å². The molecule has 1 atom stereocenters. The van der Waals surface area contributed by atoms with Gasteiger partial charge in [0.2, 0.25) is 0 Å². The zero-order valence-corrected chi connectivity index (χ0v) is 11.5. The van der Waals surface area contributed by atoms with E-state index in [9.17, 15) is 5.11 Å². The summed E-state index contributed by atoms with van der Waals surface area (Å²) < 4.78 is 0. The Kier molecular flexibility index (Phi) is 3.61. The van der Waals surface area contributed by atoms with E-state index in [0.29, 0.717) is 6.04 Å². The molecule has 2 aliphatic carbocycles. The van der Waals surface area contributed by atoms with Gasteiger partial charge in [0, 0.05) is 19.1 Å². The van der Waals surface area contributed by atoms with Crippen molar-refractivity contribution >= 4 is 0 Å². The van der Waals surface area contributed by atoms with Crippen molar-refractivity contribution in [1.82, 2.24) is 4.90 Å². The number of rotatable bonds is 7. The van der Waals surface area contributed by atoms with Crippen LogP contribution in [-0.4, -0.2) is 35.7 Å². The molecule has 0 radical (unpaired) electrons. The summed E-state index contributed by atoms with van der Waals surface area (Å²) in [5.41, 5.74) is 6.90. The monoisotopic (exact) mass is 260 g/mol. The van der Waals surface area contributed by atoms with Crippen LogP contribution in [-0.2, 0) is 5.54 Å². The van der Waals surface area contributed by atoms with Gasteiger partial charge in [-0.05, 0) is 37.2 Å². The number of aliphatic hydroxyl groups excluding tert-OH is 1. The molecule has 3 rings (SSSR count). The predicted octanol–water partition coefficient (Wildman–Crippen LogP) is 1.71. The van der Waals surface area contributed by atoms with Crippen molar-refractivity contribution in [3.63, 3.8) is 0 Å². The minimum absolute atomic E-state index is 0.00486. The predicted molar refractivity (Wildman–Crippen MR) is 76.7 cm³/mol. The minimum atomic E-state index is -0.626. The van der Waals surface area contributed by atoms with Gasteiger partial charge >= 0.3 is 0 Å². The maximum Gasteiger partial charge on any atom is 0.0773 e. The molecular formula is C16H24N2O. The molecule has 3 nitrogen and oxygen atoms in total. The molecular weight excluding hydrogens is 236 g/mol. The fourth-order valence-corrected chi connectivity index (χ4v) is 2.78. The minimum Gasteiger partial charge on any atom is -0.394 e. The van der Waals surface area contributed by atoms with Crippen molar-refractivity contribution in [1.29, 1.82) is 0 Å². The van der Waals surface area contributed by atoms with Crippen LogP contribution in [0.25, 0.3) is 0 Å². The Morgan fingerprint density at radius 2 is 1.84 bits per heavy atom. The van der Waals surface area contributed by atoms with Gasteiger partial charge in [0.1, 0.15) is 0 Å². The van der Waals surface area contributed by atoms with Crippen molar-refractivity contribution in [2.45, 2.75) is 37.3 Å². The maximum atomic E-state index is 9.79. The Morgan fingerprint density at radius 1 is 1.16 bits per heavy atom. The SMILES string of the molecule is NC(CO)(CN(CC1CC1)C1CC1)c1ccccc1. The van der Waals surface area contributed by atoms with E-state index in [2.05, 4.69) is 4.90 Å². The van der Waals surface area contributed by atoms with Crippen molar-refractivity contribution in [2.75, 3.05) is 19.7 Å². The fraction of sp³-hybridized carbons (Fsp3) is 0.625. The van der Waals surface area contributed by atoms with Gasteiger partial charge in [0.15, 0.2) is 0 Å². The van der Waals surface area contributed by atoms with E-state index in [1.54, 1.807) is 0 Å². The van der Waals surface area contributed by atoms with Crippen molar-refractivity contribution in [3.05, 3.63) is 35.9 Å². The van der Waals surface area contributed by atoms with Gasteiger partial charge in [-0.2, -0.15) is 0 Å². The zero-order valence-electron chi connectivity index (χ0n) is 11.5. The fourth-order valence-electron chi connectivity index (χ4n) is 2.78. The lowest BCUT2D eigenvalue weighted by Gasteiger charge is -2.34. The molecule has 2 aliphatic rings. The molecule has 104 valence electrons. The Morgan fingerprint density at radius 3 is 2.37 bits per heavy atom. The smallest absolute Gasteiger partial charge is 0.0773 e. The van der Waals surface area contributed by atoms with Crippen LogP contribution in [0.4, 0.5) is 0 Å². The lowest BCUT2D eigenvalue weighted by atomic mass is 9.91. The number of nitrogens with two attached hydrogens (primary N) is 1. The molecule has 0 aromatic heterocycles. The third-order valence-corrected chi connectivity index (χ3v) is 4.37. The van der Waals surface area contributed by atoms with Crippen LogP contribution in [0.3, 0.4) is 0 Å². The number of hydrogen-bond acceptors (Lipinski definition) is 3. The highest BCUT2D eigenvalue weighted by Crippen LogP contribution is 2.36. The van der Waals surface area contributed by atoms with Gasteiger partial charge < -0.3 is 10.8 Å². The molecule has 1 aromatic rings. The summed E-state index contributed by atoms with van der Waals surface area (Å²) in [7, 11) is 0. The van der Waals surface area contributed by atoms with Gasteiger partial charge in [-0.1, -0.05) is 30.3 Å².